The van der Waals surface area contributed by atoms with Gasteiger partial charge in [-0.2, -0.15) is 4.98 Å². The summed E-state index contributed by atoms with van der Waals surface area (Å²) >= 11 is 0. The normalized spacial score (nSPS) is 15.5. The fraction of sp³-hybridized carbons (Fsp3) is 0.667. The number of rotatable bonds is 7. The van der Waals surface area contributed by atoms with Crippen molar-refractivity contribution in [3.63, 3.8) is 0 Å². The van der Waals surface area contributed by atoms with Gasteiger partial charge in [0.15, 0.2) is 0 Å². The molecule has 0 aliphatic heterocycles. The Morgan fingerprint density at radius 1 is 1.35 bits per heavy atom. The number of aromatic nitrogens is 2. The van der Waals surface area contributed by atoms with E-state index in [2.05, 4.69) is 30.7 Å². The number of hydrogen-bond donors (Lipinski definition) is 0. The molecule has 1 aromatic heterocycles. The maximum absolute atomic E-state index is 5.77. The molecule has 1 aliphatic carbocycles. The molecule has 112 valence electrons. The number of ether oxygens (including phenoxy) is 2. The fourth-order valence-electron chi connectivity index (χ4n) is 2.25. The lowest BCUT2D eigenvalue weighted by atomic mass is 10.2. The van der Waals surface area contributed by atoms with E-state index in [1.807, 2.05) is 10.8 Å². The van der Waals surface area contributed by atoms with Crippen molar-refractivity contribution in [3.8, 4) is 6.01 Å². The van der Waals surface area contributed by atoms with Crippen LogP contribution >= 0.6 is 0 Å². The van der Waals surface area contributed by atoms with Crippen LogP contribution in [-0.2, 0) is 11.5 Å². The van der Waals surface area contributed by atoms with Gasteiger partial charge >= 0.3 is 0 Å². The van der Waals surface area contributed by atoms with Crippen LogP contribution in [0.5, 0.6) is 6.01 Å². The molecule has 0 bridgehead atoms. The minimum Gasteiger partial charge on any atom is -0.468 e. The Hall–Kier alpha value is -1.07. The van der Waals surface area contributed by atoms with Crippen LogP contribution in [0.4, 0.5) is 0 Å². The number of imidazole rings is 1. The van der Waals surface area contributed by atoms with Gasteiger partial charge in [0.25, 0.3) is 6.01 Å². The van der Waals surface area contributed by atoms with Crippen molar-refractivity contribution < 1.29 is 9.47 Å². The Kier molecular flexibility index (Phi) is 5.04. The summed E-state index contributed by atoms with van der Waals surface area (Å²) in [5.41, 5.74) is 2.37. The summed E-state index contributed by atoms with van der Waals surface area (Å²) in [6, 6.07) is 1.82. The highest BCUT2D eigenvalue weighted by atomic mass is 28.3. The topological polar surface area (TPSA) is 36.3 Å². The molecule has 0 atom stereocenters. The van der Waals surface area contributed by atoms with Gasteiger partial charge in [0.1, 0.15) is 6.73 Å². The first kappa shape index (κ1) is 15.3. The second kappa shape index (κ2) is 6.59. The van der Waals surface area contributed by atoms with E-state index in [1.54, 1.807) is 7.11 Å². The van der Waals surface area contributed by atoms with E-state index in [-0.39, 0.29) is 0 Å². The van der Waals surface area contributed by atoms with Gasteiger partial charge in [-0.15, -0.1) is 0 Å². The maximum Gasteiger partial charge on any atom is 0.298 e. The number of allylic oxidation sites excluding steroid dienone is 2. The van der Waals surface area contributed by atoms with Crippen molar-refractivity contribution in [3.05, 3.63) is 18.0 Å². The van der Waals surface area contributed by atoms with E-state index in [1.165, 1.54) is 18.0 Å². The van der Waals surface area contributed by atoms with Gasteiger partial charge in [-0.25, -0.2) is 0 Å². The summed E-state index contributed by atoms with van der Waals surface area (Å²) < 4.78 is 13.1. The van der Waals surface area contributed by atoms with E-state index >= 15 is 0 Å². The van der Waals surface area contributed by atoms with E-state index in [0.29, 0.717) is 12.7 Å². The fourth-order valence-corrected chi connectivity index (χ4v) is 3.01. The molecule has 1 heterocycles. The molecule has 0 unspecified atom stereocenters. The van der Waals surface area contributed by atoms with Gasteiger partial charge in [-0.3, -0.25) is 4.57 Å². The van der Waals surface area contributed by atoms with Crippen LogP contribution in [-0.4, -0.2) is 31.3 Å². The maximum atomic E-state index is 5.77. The summed E-state index contributed by atoms with van der Waals surface area (Å²) in [4.78, 5) is 4.54. The third-order valence-electron chi connectivity index (χ3n) is 3.52. The number of nitrogens with zero attached hydrogens (tertiary/aromatic N) is 2. The molecule has 1 aromatic rings. The first-order valence-corrected chi connectivity index (χ1v) is 11.1. The molecule has 4 nitrogen and oxygen atoms in total. The Bertz CT molecular complexity index is 475. The van der Waals surface area contributed by atoms with Crippen LogP contribution in [0, 0.1) is 0 Å². The zero-order chi connectivity index (χ0) is 14.6. The van der Waals surface area contributed by atoms with Crippen LogP contribution in [0.3, 0.4) is 0 Å². The molecule has 0 amide bonds. The van der Waals surface area contributed by atoms with Gasteiger partial charge < -0.3 is 9.47 Å². The average molecular weight is 294 g/mol. The Morgan fingerprint density at radius 2 is 2.15 bits per heavy atom. The Labute approximate surface area is 122 Å². The lowest BCUT2D eigenvalue weighted by Gasteiger charge is -2.15. The SMILES string of the molecule is COc1nc(C2=CCCC2)cn1COCC[Si](C)(C)C. The van der Waals surface area contributed by atoms with Crippen molar-refractivity contribution in [2.75, 3.05) is 13.7 Å². The second-order valence-corrected chi connectivity index (χ2v) is 12.2. The van der Waals surface area contributed by atoms with E-state index < -0.39 is 8.07 Å². The monoisotopic (exact) mass is 294 g/mol. The third kappa shape index (κ3) is 4.21. The van der Waals surface area contributed by atoms with Crippen molar-refractivity contribution in [1.29, 1.82) is 0 Å². The molecule has 0 N–H and O–H groups in total. The first-order chi connectivity index (χ1) is 9.49. The van der Waals surface area contributed by atoms with E-state index in [4.69, 9.17) is 9.47 Å². The summed E-state index contributed by atoms with van der Waals surface area (Å²) in [6.07, 6.45) is 7.84. The molecule has 0 spiro atoms. The summed E-state index contributed by atoms with van der Waals surface area (Å²) in [5, 5.41) is 0. The average Bonchev–Trinajstić information content (AvgIpc) is 3.02. The van der Waals surface area contributed by atoms with Gasteiger partial charge in [-0.05, 0) is 30.9 Å². The predicted molar refractivity (Wildman–Crippen MR) is 84.7 cm³/mol. The van der Waals surface area contributed by atoms with Gasteiger partial charge in [0.05, 0.1) is 12.8 Å². The third-order valence-corrected chi connectivity index (χ3v) is 5.22. The van der Waals surface area contributed by atoms with E-state index in [9.17, 15) is 0 Å². The molecule has 5 heteroatoms. The Morgan fingerprint density at radius 3 is 2.75 bits per heavy atom. The van der Waals surface area contributed by atoms with Crippen LogP contribution in [0.2, 0.25) is 25.7 Å². The number of hydrogen-bond acceptors (Lipinski definition) is 3. The van der Waals surface area contributed by atoms with Gasteiger partial charge in [-0.1, -0.05) is 25.7 Å². The summed E-state index contributed by atoms with van der Waals surface area (Å²) in [7, 11) is 0.637. The second-order valence-electron chi connectivity index (χ2n) is 6.55. The van der Waals surface area contributed by atoms with Crippen LogP contribution < -0.4 is 4.74 Å². The highest BCUT2D eigenvalue weighted by Gasteiger charge is 2.15. The van der Waals surface area contributed by atoms with Crippen LogP contribution in [0.1, 0.15) is 25.0 Å². The van der Waals surface area contributed by atoms with Crippen molar-refractivity contribution in [1.82, 2.24) is 9.55 Å². The predicted octanol–water partition coefficient (Wildman–Crippen LogP) is 3.77. The molecule has 0 fully saturated rings. The Balaban J connectivity index is 1.93. The van der Waals surface area contributed by atoms with Crippen molar-refractivity contribution in [2.24, 2.45) is 0 Å². The highest BCUT2D eigenvalue weighted by Crippen LogP contribution is 2.28. The molecule has 0 saturated carbocycles. The minimum absolute atomic E-state index is 0.522. The van der Waals surface area contributed by atoms with Gasteiger partial charge in [0.2, 0.25) is 0 Å². The summed E-state index contributed by atoms with van der Waals surface area (Å²) in [5.74, 6) is 0. The molecular formula is C15H26N2O2Si. The molecular weight excluding hydrogens is 268 g/mol. The quantitative estimate of drug-likeness (QED) is 0.567. The zero-order valence-corrected chi connectivity index (χ0v) is 14.1. The van der Waals surface area contributed by atoms with Crippen LogP contribution in [0.15, 0.2) is 12.3 Å². The summed E-state index contributed by atoms with van der Waals surface area (Å²) in [6.45, 7) is 8.42. The largest absolute Gasteiger partial charge is 0.468 e. The standard InChI is InChI=1S/C15H26N2O2Si/c1-18-15-16-14(13-7-5-6-8-13)11-17(15)12-19-9-10-20(2,3)4/h7,11H,5-6,8-10,12H2,1-4H3. The van der Waals surface area contributed by atoms with Gasteiger partial charge in [0, 0.05) is 20.9 Å². The van der Waals surface area contributed by atoms with E-state index in [0.717, 1.165) is 25.1 Å². The lowest BCUT2D eigenvalue weighted by Crippen LogP contribution is -2.22. The molecule has 0 saturated heterocycles. The highest BCUT2D eigenvalue weighted by molar-refractivity contribution is 6.76. The zero-order valence-electron chi connectivity index (χ0n) is 13.1. The van der Waals surface area contributed by atoms with Crippen LogP contribution in [0.25, 0.3) is 5.57 Å². The smallest absolute Gasteiger partial charge is 0.298 e. The molecule has 0 radical (unpaired) electrons. The molecule has 0 aromatic carbocycles. The first-order valence-electron chi connectivity index (χ1n) is 7.38. The molecule has 2 rings (SSSR count). The number of methoxy groups -OCH3 is 1. The molecule has 20 heavy (non-hydrogen) atoms. The van der Waals surface area contributed by atoms with Crippen molar-refractivity contribution in [2.45, 2.75) is 51.7 Å². The molecule has 1 aliphatic rings. The van der Waals surface area contributed by atoms with Crippen molar-refractivity contribution >= 4 is 13.6 Å². The minimum atomic E-state index is -1.02. The lowest BCUT2D eigenvalue weighted by molar-refractivity contribution is 0.0809.